The highest BCUT2D eigenvalue weighted by Crippen LogP contribution is 2.37. The van der Waals surface area contributed by atoms with Gasteiger partial charge in [-0.2, -0.15) is 0 Å². The van der Waals surface area contributed by atoms with Gasteiger partial charge in [0.25, 0.3) is 0 Å². The molecule has 0 unspecified atom stereocenters. The van der Waals surface area contributed by atoms with Crippen LogP contribution in [0.3, 0.4) is 0 Å². The van der Waals surface area contributed by atoms with Gasteiger partial charge in [0, 0.05) is 17.7 Å². The number of hydrogen-bond acceptors (Lipinski definition) is 3. The summed E-state index contributed by atoms with van der Waals surface area (Å²) >= 11 is 11.8. The summed E-state index contributed by atoms with van der Waals surface area (Å²) in [7, 11) is 1.84. The molecule has 0 aromatic heterocycles. The molecular weight excluding hydrogens is 249 g/mol. The standard InChI is InChI=1S/C11H13Cl2NO2/c1-14-6-2-10(15)7-3-8(12)9(13)4-11(7)16-5-6/h3-4,6,10,14-15H,2,5H2,1H3/t6-,10-/m0/s1. The highest BCUT2D eigenvalue weighted by molar-refractivity contribution is 6.42. The summed E-state index contributed by atoms with van der Waals surface area (Å²) in [4.78, 5) is 0. The van der Waals surface area contributed by atoms with E-state index < -0.39 is 6.10 Å². The second kappa shape index (κ2) is 4.80. The molecular formula is C11H13Cl2NO2. The summed E-state index contributed by atoms with van der Waals surface area (Å²) in [5.74, 6) is 0.611. The monoisotopic (exact) mass is 261 g/mol. The molecule has 0 fully saturated rings. The molecule has 2 rings (SSSR count). The van der Waals surface area contributed by atoms with Crippen LogP contribution in [-0.4, -0.2) is 24.8 Å². The maximum absolute atomic E-state index is 10.0. The Morgan fingerprint density at radius 3 is 2.75 bits per heavy atom. The van der Waals surface area contributed by atoms with Crippen LogP contribution in [0.5, 0.6) is 5.75 Å². The van der Waals surface area contributed by atoms with Crippen LogP contribution in [0.25, 0.3) is 0 Å². The van der Waals surface area contributed by atoms with Crippen LogP contribution >= 0.6 is 23.2 Å². The summed E-state index contributed by atoms with van der Waals surface area (Å²) in [6, 6.07) is 3.45. The lowest BCUT2D eigenvalue weighted by Crippen LogP contribution is -2.31. The first kappa shape index (κ1) is 12.0. The van der Waals surface area contributed by atoms with E-state index in [2.05, 4.69) is 5.32 Å². The highest BCUT2D eigenvalue weighted by atomic mass is 35.5. The Bertz CT molecular complexity index is 398. The molecule has 1 heterocycles. The number of aliphatic hydroxyl groups is 1. The first-order valence-corrected chi connectivity index (χ1v) is 5.84. The van der Waals surface area contributed by atoms with Gasteiger partial charge in [0.05, 0.1) is 16.1 Å². The maximum Gasteiger partial charge on any atom is 0.126 e. The molecule has 16 heavy (non-hydrogen) atoms. The van der Waals surface area contributed by atoms with Gasteiger partial charge < -0.3 is 15.2 Å². The van der Waals surface area contributed by atoms with Gasteiger partial charge in [-0.1, -0.05) is 23.2 Å². The largest absolute Gasteiger partial charge is 0.492 e. The van der Waals surface area contributed by atoms with E-state index in [1.807, 2.05) is 7.05 Å². The Morgan fingerprint density at radius 2 is 2.06 bits per heavy atom. The second-order valence-corrected chi connectivity index (χ2v) is 4.67. The number of likely N-dealkylation sites (N-methyl/N-ethyl adjacent to an activating group) is 1. The van der Waals surface area contributed by atoms with Crippen LogP contribution in [-0.2, 0) is 0 Å². The van der Waals surface area contributed by atoms with Crippen molar-refractivity contribution in [3.05, 3.63) is 27.7 Å². The van der Waals surface area contributed by atoms with E-state index in [1.54, 1.807) is 12.1 Å². The summed E-state index contributed by atoms with van der Waals surface area (Å²) in [6.07, 6.45) is 0.0197. The van der Waals surface area contributed by atoms with Crippen molar-refractivity contribution in [2.24, 2.45) is 0 Å². The number of fused-ring (bicyclic) bond motifs is 1. The third kappa shape index (κ3) is 2.28. The van der Waals surface area contributed by atoms with Gasteiger partial charge in [0.2, 0.25) is 0 Å². The van der Waals surface area contributed by atoms with Crippen LogP contribution in [0.2, 0.25) is 10.0 Å². The van der Waals surface area contributed by atoms with Gasteiger partial charge in [-0.05, 0) is 19.5 Å². The molecule has 0 bridgehead atoms. The summed E-state index contributed by atoms with van der Waals surface area (Å²) in [5, 5.41) is 14.0. The Morgan fingerprint density at radius 1 is 1.38 bits per heavy atom. The molecule has 3 nitrogen and oxygen atoms in total. The van der Waals surface area contributed by atoms with Gasteiger partial charge in [0.1, 0.15) is 12.4 Å². The molecule has 0 saturated heterocycles. The molecule has 5 heteroatoms. The molecule has 1 aliphatic rings. The SMILES string of the molecule is CN[C@@H]1COc2cc(Cl)c(Cl)cc2[C@@H](O)C1. The van der Waals surface area contributed by atoms with Gasteiger partial charge in [-0.25, -0.2) is 0 Å². The lowest BCUT2D eigenvalue weighted by molar-refractivity contribution is 0.153. The van der Waals surface area contributed by atoms with Crippen molar-refractivity contribution < 1.29 is 9.84 Å². The zero-order chi connectivity index (χ0) is 11.7. The van der Waals surface area contributed by atoms with Crippen LogP contribution in [0.4, 0.5) is 0 Å². The minimum atomic E-state index is -0.579. The van der Waals surface area contributed by atoms with E-state index in [1.165, 1.54) is 0 Å². The number of nitrogens with one attached hydrogen (secondary N) is 1. The maximum atomic E-state index is 10.0. The number of aliphatic hydroxyl groups excluding tert-OH is 1. The molecule has 0 amide bonds. The van der Waals surface area contributed by atoms with Crippen LogP contribution in [0.1, 0.15) is 18.1 Å². The molecule has 1 aromatic carbocycles. The number of ether oxygens (including phenoxy) is 1. The first-order valence-electron chi connectivity index (χ1n) is 5.09. The van der Waals surface area contributed by atoms with E-state index >= 15 is 0 Å². The molecule has 2 atom stereocenters. The van der Waals surface area contributed by atoms with Crippen molar-refractivity contribution >= 4 is 23.2 Å². The number of benzene rings is 1. The zero-order valence-electron chi connectivity index (χ0n) is 8.84. The fourth-order valence-corrected chi connectivity index (χ4v) is 2.11. The van der Waals surface area contributed by atoms with Crippen molar-refractivity contribution in [1.82, 2.24) is 5.32 Å². The third-order valence-electron chi connectivity index (χ3n) is 2.77. The normalized spacial score (nSPS) is 24.5. The quantitative estimate of drug-likeness (QED) is 0.816. The molecule has 1 aliphatic heterocycles. The molecule has 2 N–H and O–H groups in total. The van der Waals surface area contributed by atoms with E-state index in [0.717, 1.165) is 0 Å². The number of halogens is 2. The van der Waals surface area contributed by atoms with Gasteiger partial charge in [0.15, 0.2) is 0 Å². The summed E-state index contributed by atoms with van der Waals surface area (Å²) in [6.45, 7) is 0.512. The average molecular weight is 262 g/mol. The lowest BCUT2D eigenvalue weighted by atomic mass is 10.0. The van der Waals surface area contributed by atoms with E-state index in [9.17, 15) is 5.11 Å². The Labute approximate surface area is 104 Å². The topological polar surface area (TPSA) is 41.5 Å². The second-order valence-electron chi connectivity index (χ2n) is 3.85. The highest BCUT2D eigenvalue weighted by Gasteiger charge is 2.24. The van der Waals surface area contributed by atoms with E-state index in [4.69, 9.17) is 27.9 Å². The molecule has 0 radical (unpaired) electrons. The van der Waals surface area contributed by atoms with Crippen molar-refractivity contribution in [2.45, 2.75) is 18.6 Å². The fourth-order valence-electron chi connectivity index (χ4n) is 1.79. The van der Waals surface area contributed by atoms with Crippen molar-refractivity contribution in [2.75, 3.05) is 13.7 Å². The fraction of sp³-hybridized carbons (Fsp3) is 0.455. The minimum Gasteiger partial charge on any atom is -0.492 e. The van der Waals surface area contributed by atoms with Crippen molar-refractivity contribution in [1.29, 1.82) is 0 Å². The third-order valence-corrected chi connectivity index (χ3v) is 3.49. The lowest BCUT2D eigenvalue weighted by Gasteiger charge is -2.14. The Balaban J connectivity index is 2.37. The van der Waals surface area contributed by atoms with Crippen LogP contribution < -0.4 is 10.1 Å². The molecule has 88 valence electrons. The van der Waals surface area contributed by atoms with Gasteiger partial charge in [-0.15, -0.1) is 0 Å². The smallest absolute Gasteiger partial charge is 0.126 e. The van der Waals surface area contributed by atoms with E-state index in [0.29, 0.717) is 34.4 Å². The number of hydrogen-bond donors (Lipinski definition) is 2. The molecule has 0 spiro atoms. The van der Waals surface area contributed by atoms with Gasteiger partial charge >= 0.3 is 0 Å². The zero-order valence-corrected chi connectivity index (χ0v) is 10.3. The molecule has 0 saturated carbocycles. The summed E-state index contributed by atoms with van der Waals surface area (Å²) in [5.41, 5.74) is 0.701. The predicted molar refractivity (Wildman–Crippen MR) is 64.4 cm³/mol. The minimum absolute atomic E-state index is 0.125. The summed E-state index contributed by atoms with van der Waals surface area (Å²) < 4.78 is 5.59. The molecule has 0 aliphatic carbocycles. The first-order chi connectivity index (χ1) is 7.61. The van der Waals surface area contributed by atoms with Crippen LogP contribution in [0, 0.1) is 0 Å². The predicted octanol–water partition coefficient (Wildman–Crippen LogP) is 2.40. The van der Waals surface area contributed by atoms with Crippen molar-refractivity contribution in [3.8, 4) is 5.75 Å². The Hall–Kier alpha value is -0.480. The van der Waals surface area contributed by atoms with Crippen LogP contribution in [0.15, 0.2) is 12.1 Å². The average Bonchev–Trinajstić information content (AvgIpc) is 2.41. The van der Waals surface area contributed by atoms with Gasteiger partial charge in [-0.3, -0.25) is 0 Å². The number of rotatable bonds is 1. The van der Waals surface area contributed by atoms with E-state index in [-0.39, 0.29) is 6.04 Å². The molecule has 1 aromatic rings. The van der Waals surface area contributed by atoms with Crippen molar-refractivity contribution in [3.63, 3.8) is 0 Å². The Kier molecular flexibility index (Phi) is 3.60.